The van der Waals surface area contributed by atoms with Crippen molar-refractivity contribution in [3.8, 4) is 0 Å². The van der Waals surface area contributed by atoms with Crippen molar-refractivity contribution in [2.45, 2.75) is 44.4 Å². The van der Waals surface area contributed by atoms with Crippen molar-refractivity contribution in [1.29, 1.82) is 0 Å². The van der Waals surface area contributed by atoms with Gasteiger partial charge >= 0.3 is 5.97 Å². The van der Waals surface area contributed by atoms with E-state index >= 15 is 0 Å². The molecule has 0 bridgehead atoms. The predicted octanol–water partition coefficient (Wildman–Crippen LogP) is 3.84. The molecule has 1 aromatic heterocycles. The average molecular weight is 276 g/mol. The Labute approximate surface area is 116 Å². The van der Waals surface area contributed by atoms with Crippen LogP contribution in [0.15, 0.2) is 12.1 Å². The number of hydrogen-bond donors (Lipinski definition) is 2. The molecular formula is C15H17FN2O2. The highest BCUT2D eigenvalue weighted by molar-refractivity contribution is 5.92. The molecule has 0 atom stereocenters. The van der Waals surface area contributed by atoms with Gasteiger partial charge in [-0.1, -0.05) is 25.7 Å². The van der Waals surface area contributed by atoms with E-state index in [1.807, 2.05) is 0 Å². The van der Waals surface area contributed by atoms with Gasteiger partial charge in [-0.05, 0) is 18.9 Å². The quantitative estimate of drug-likeness (QED) is 0.819. The summed E-state index contributed by atoms with van der Waals surface area (Å²) in [5, 5.41) is 8.94. The van der Waals surface area contributed by atoms with Crippen LogP contribution in [0.2, 0.25) is 0 Å². The van der Waals surface area contributed by atoms with Crippen molar-refractivity contribution < 1.29 is 14.3 Å². The molecule has 0 saturated heterocycles. The van der Waals surface area contributed by atoms with Crippen molar-refractivity contribution >= 4 is 17.0 Å². The van der Waals surface area contributed by atoms with Crippen molar-refractivity contribution in [2.75, 3.05) is 0 Å². The highest BCUT2D eigenvalue weighted by atomic mass is 19.1. The van der Waals surface area contributed by atoms with Gasteiger partial charge in [0.25, 0.3) is 0 Å². The molecule has 1 saturated carbocycles. The summed E-state index contributed by atoms with van der Waals surface area (Å²) in [7, 11) is 0. The predicted molar refractivity (Wildman–Crippen MR) is 73.5 cm³/mol. The molecule has 2 N–H and O–H groups in total. The lowest BCUT2D eigenvalue weighted by atomic mass is 10.00. The summed E-state index contributed by atoms with van der Waals surface area (Å²) in [5.41, 5.74) is 0.784. The van der Waals surface area contributed by atoms with E-state index in [1.165, 1.54) is 37.8 Å². The minimum Gasteiger partial charge on any atom is -0.478 e. The lowest BCUT2D eigenvalue weighted by Gasteiger charge is -2.09. The molecule has 1 aliphatic rings. The SMILES string of the molecule is O=C(O)c1cc2nc(C3CCCCCC3)[nH]c2cc1F. The van der Waals surface area contributed by atoms with Crippen molar-refractivity contribution in [1.82, 2.24) is 9.97 Å². The molecule has 1 fully saturated rings. The van der Waals surface area contributed by atoms with Gasteiger partial charge in [-0.2, -0.15) is 0 Å². The van der Waals surface area contributed by atoms with Gasteiger partial charge in [0.1, 0.15) is 11.6 Å². The Bertz CT molecular complexity index is 643. The van der Waals surface area contributed by atoms with Crippen molar-refractivity contribution in [3.63, 3.8) is 0 Å². The van der Waals surface area contributed by atoms with Gasteiger partial charge < -0.3 is 10.1 Å². The highest BCUT2D eigenvalue weighted by Gasteiger charge is 2.19. The fourth-order valence-electron chi connectivity index (χ4n) is 2.96. The zero-order valence-corrected chi connectivity index (χ0v) is 11.2. The number of fused-ring (bicyclic) bond motifs is 1. The summed E-state index contributed by atoms with van der Waals surface area (Å²) in [6.07, 6.45) is 7.08. The second-order valence-corrected chi connectivity index (χ2v) is 5.46. The van der Waals surface area contributed by atoms with Gasteiger partial charge in [0.15, 0.2) is 0 Å². The Morgan fingerprint density at radius 3 is 2.60 bits per heavy atom. The average Bonchev–Trinajstić information content (AvgIpc) is 2.63. The van der Waals surface area contributed by atoms with Gasteiger partial charge in [0.2, 0.25) is 0 Å². The number of carbonyl (C=O) groups is 1. The van der Waals surface area contributed by atoms with Crippen LogP contribution >= 0.6 is 0 Å². The molecule has 4 nitrogen and oxygen atoms in total. The van der Waals surface area contributed by atoms with Gasteiger partial charge in [0.05, 0.1) is 16.6 Å². The molecule has 1 aromatic carbocycles. The van der Waals surface area contributed by atoms with Gasteiger partial charge in [-0.25, -0.2) is 14.2 Å². The highest BCUT2D eigenvalue weighted by Crippen LogP contribution is 2.31. The third-order valence-corrected chi connectivity index (χ3v) is 4.06. The first-order valence-electron chi connectivity index (χ1n) is 7.07. The summed E-state index contributed by atoms with van der Waals surface area (Å²) in [6, 6.07) is 2.54. The first-order valence-corrected chi connectivity index (χ1v) is 7.07. The minimum atomic E-state index is -1.26. The van der Waals surface area contributed by atoms with Crippen LogP contribution in [0.4, 0.5) is 4.39 Å². The van der Waals surface area contributed by atoms with Crippen LogP contribution in [0.5, 0.6) is 0 Å². The van der Waals surface area contributed by atoms with E-state index in [4.69, 9.17) is 5.11 Å². The number of carboxylic acid groups (broad SMARTS) is 1. The number of aromatic amines is 1. The molecule has 1 heterocycles. The molecule has 5 heteroatoms. The number of imidazole rings is 1. The zero-order chi connectivity index (χ0) is 14.1. The summed E-state index contributed by atoms with van der Waals surface area (Å²) in [4.78, 5) is 18.6. The van der Waals surface area contributed by atoms with E-state index in [0.29, 0.717) is 17.0 Å². The molecular weight excluding hydrogens is 259 g/mol. The van der Waals surface area contributed by atoms with Crippen LogP contribution in [0.1, 0.15) is 60.6 Å². The van der Waals surface area contributed by atoms with E-state index in [-0.39, 0.29) is 5.56 Å². The topological polar surface area (TPSA) is 66.0 Å². The van der Waals surface area contributed by atoms with Crippen LogP contribution in [-0.2, 0) is 0 Å². The second-order valence-electron chi connectivity index (χ2n) is 5.46. The summed E-state index contributed by atoms with van der Waals surface area (Å²) < 4.78 is 13.7. The molecule has 20 heavy (non-hydrogen) atoms. The number of hydrogen-bond acceptors (Lipinski definition) is 2. The molecule has 1 aliphatic carbocycles. The maximum absolute atomic E-state index is 13.7. The van der Waals surface area contributed by atoms with E-state index in [1.54, 1.807) is 0 Å². The van der Waals surface area contributed by atoms with Gasteiger partial charge in [-0.3, -0.25) is 0 Å². The number of benzene rings is 1. The maximum Gasteiger partial charge on any atom is 0.338 e. The van der Waals surface area contributed by atoms with E-state index in [9.17, 15) is 9.18 Å². The van der Waals surface area contributed by atoms with Crippen molar-refractivity contribution in [2.24, 2.45) is 0 Å². The molecule has 0 radical (unpaired) electrons. The zero-order valence-electron chi connectivity index (χ0n) is 11.2. The number of H-pyrrole nitrogens is 1. The van der Waals surface area contributed by atoms with E-state index in [0.717, 1.165) is 18.7 Å². The van der Waals surface area contributed by atoms with Crippen LogP contribution in [-0.4, -0.2) is 21.0 Å². The maximum atomic E-state index is 13.7. The fourth-order valence-corrected chi connectivity index (χ4v) is 2.96. The normalized spacial score (nSPS) is 17.2. The first kappa shape index (κ1) is 13.1. The second kappa shape index (κ2) is 5.23. The molecule has 0 spiro atoms. The fraction of sp³-hybridized carbons (Fsp3) is 0.467. The Hall–Kier alpha value is -1.91. The van der Waals surface area contributed by atoms with Gasteiger partial charge in [-0.15, -0.1) is 0 Å². The van der Waals surface area contributed by atoms with Crippen molar-refractivity contribution in [3.05, 3.63) is 29.3 Å². The molecule has 0 aliphatic heterocycles. The smallest absolute Gasteiger partial charge is 0.338 e. The number of halogens is 1. The van der Waals surface area contributed by atoms with Crippen LogP contribution < -0.4 is 0 Å². The number of carboxylic acids is 1. The van der Waals surface area contributed by atoms with Crippen LogP contribution in [0, 0.1) is 5.82 Å². The summed E-state index contributed by atoms with van der Waals surface area (Å²) in [5.74, 6) is -0.741. The Kier molecular flexibility index (Phi) is 3.42. The first-order chi connectivity index (χ1) is 9.65. The largest absolute Gasteiger partial charge is 0.478 e. The molecule has 106 valence electrons. The number of rotatable bonds is 2. The monoisotopic (exact) mass is 276 g/mol. The number of aromatic carboxylic acids is 1. The third-order valence-electron chi connectivity index (χ3n) is 4.06. The number of nitrogens with zero attached hydrogens (tertiary/aromatic N) is 1. The molecule has 0 amide bonds. The van der Waals surface area contributed by atoms with E-state index < -0.39 is 11.8 Å². The third kappa shape index (κ3) is 2.40. The van der Waals surface area contributed by atoms with Crippen LogP contribution in [0.3, 0.4) is 0 Å². The summed E-state index contributed by atoms with van der Waals surface area (Å²) >= 11 is 0. The number of aromatic nitrogens is 2. The summed E-state index contributed by atoms with van der Waals surface area (Å²) in [6.45, 7) is 0. The van der Waals surface area contributed by atoms with Gasteiger partial charge in [0, 0.05) is 12.0 Å². The number of nitrogens with one attached hydrogen (secondary N) is 1. The molecule has 0 unspecified atom stereocenters. The Morgan fingerprint density at radius 1 is 1.25 bits per heavy atom. The molecule has 3 rings (SSSR count). The van der Waals surface area contributed by atoms with Crippen LogP contribution in [0.25, 0.3) is 11.0 Å². The standard InChI is InChI=1S/C15H17FN2O2/c16-11-8-13-12(7-10(11)15(19)20)17-14(18-13)9-5-3-1-2-4-6-9/h7-9H,1-6H2,(H,17,18)(H,19,20). The minimum absolute atomic E-state index is 0.323. The molecule has 2 aromatic rings. The van der Waals surface area contributed by atoms with E-state index in [2.05, 4.69) is 9.97 Å². The Morgan fingerprint density at radius 2 is 1.95 bits per heavy atom. The lowest BCUT2D eigenvalue weighted by molar-refractivity contribution is 0.0692. The lowest BCUT2D eigenvalue weighted by Crippen LogP contribution is -2.00. The Balaban J connectivity index is 1.99.